The van der Waals surface area contributed by atoms with Gasteiger partial charge in [0.2, 0.25) is 0 Å². The molecular weight excluding hydrogens is 454 g/mol. The molecule has 1 aromatic carbocycles. The van der Waals surface area contributed by atoms with Crippen molar-refractivity contribution < 1.29 is 23.6 Å². The fraction of sp³-hybridized carbons (Fsp3) is 0.400. The van der Waals surface area contributed by atoms with Gasteiger partial charge in [0.1, 0.15) is 10.8 Å². The van der Waals surface area contributed by atoms with E-state index in [0.717, 1.165) is 60.5 Å². The first-order valence-corrected chi connectivity index (χ1v) is 12.5. The fourth-order valence-electron chi connectivity index (χ4n) is 4.40. The lowest BCUT2D eigenvalue weighted by atomic mass is 10.1. The van der Waals surface area contributed by atoms with Crippen LogP contribution in [-0.2, 0) is 17.6 Å². The zero-order valence-corrected chi connectivity index (χ0v) is 19.8. The lowest BCUT2D eigenvalue weighted by Gasteiger charge is -2.12. The van der Waals surface area contributed by atoms with Gasteiger partial charge in [-0.1, -0.05) is 5.16 Å². The molecule has 178 valence electrons. The van der Waals surface area contributed by atoms with Gasteiger partial charge in [-0.2, -0.15) is 0 Å². The highest BCUT2D eigenvalue weighted by molar-refractivity contribution is 7.17. The Hall–Kier alpha value is -3.17. The molecule has 34 heavy (non-hydrogen) atoms. The number of anilines is 1. The average Bonchev–Trinajstić information content (AvgIpc) is 3.63. The second kappa shape index (κ2) is 9.99. The van der Waals surface area contributed by atoms with Crippen LogP contribution in [0, 0.1) is 0 Å². The van der Waals surface area contributed by atoms with E-state index in [9.17, 15) is 9.59 Å². The third kappa shape index (κ3) is 4.71. The molecule has 9 heteroatoms. The van der Waals surface area contributed by atoms with Crippen molar-refractivity contribution in [2.24, 2.45) is 0 Å². The zero-order valence-electron chi connectivity index (χ0n) is 19.0. The first-order chi connectivity index (χ1) is 16.6. The van der Waals surface area contributed by atoms with Crippen molar-refractivity contribution in [3.05, 3.63) is 52.0 Å². The highest BCUT2D eigenvalue weighted by Gasteiger charge is 2.29. The van der Waals surface area contributed by atoms with Gasteiger partial charge in [0.15, 0.2) is 11.5 Å². The maximum Gasteiger partial charge on any atom is 0.278 e. The van der Waals surface area contributed by atoms with Crippen LogP contribution < -0.4 is 15.4 Å². The van der Waals surface area contributed by atoms with Gasteiger partial charge >= 0.3 is 0 Å². The Labute approximate surface area is 201 Å². The van der Waals surface area contributed by atoms with E-state index in [2.05, 4.69) is 15.8 Å². The Bertz CT molecular complexity index is 1180. The number of nitrogens with one attached hydrogen (secondary N) is 2. The third-order valence-corrected chi connectivity index (χ3v) is 7.29. The molecule has 3 heterocycles. The van der Waals surface area contributed by atoms with Crippen LogP contribution in [0.1, 0.15) is 57.5 Å². The molecule has 3 aromatic rings. The second-order valence-electron chi connectivity index (χ2n) is 8.39. The van der Waals surface area contributed by atoms with Gasteiger partial charge in [-0.25, -0.2) is 0 Å². The number of aromatic nitrogens is 1. The molecule has 2 amide bonds. The summed E-state index contributed by atoms with van der Waals surface area (Å²) in [4.78, 5) is 27.2. The van der Waals surface area contributed by atoms with Crippen molar-refractivity contribution in [1.29, 1.82) is 0 Å². The van der Waals surface area contributed by atoms with E-state index in [1.54, 1.807) is 6.07 Å². The maximum atomic E-state index is 13.1. The summed E-state index contributed by atoms with van der Waals surface area (Å²) in [7, 11) is 0. The summed E-state index contributed by atoms with van der Waals surface area (Å²) in [5.74, 6) is 0.672. The van der Waals surface area contributed by atoms with Crippen molar-refractivity contribution in [3.63, 3.8) is 0 Å². The monoisotopic (exact) mass is 481 g/mol. The van der Waals surface area contributed by atoms with Crippen LogP contribution in [0.2, 0.25) is 0 Å². The average molecular weight is 482 g/mol. The smallest absolute Gasteiger partial charge is 0.278 e. The molecular formula is C25H27N3O5S. The molecule has 5 rings (SSSR count). The minimum atomic E-state index is -0.408. The summed E-state index contributed by atoms with van der Waals surface area (Å²) >= 11 is 1.47. The summed E-state index contributed by atoms with van der Waals surface area (Å²) in [6.07, 6.45) is 4.82. The van der Waals surface area contributed by atoms with Crippen LogP contribution in [-0.4, -0.2) is 42.8 Å². The fourth-order valence-corrected chi connectivity index (χ4v) is 5.68. The topological polar surface area (TPSA) is 103 Å². The minimum absolute atomic E-state index is 0.0600. The van der Waals surface area contributed by atoms with Crippen LogP contribution in [0.3, 0.4) is 0 Å². The van der Waals surface area contributed by atoms with Gasteiger partial charge in [0.05, 0.1) is 18.3 Å². The molecule has 1 aliphatic carbocycles. The standard InChI is InChI=1S/C25H27N3O5S/c1-2-31-16-10-8-15(9-11-16)20-13-19(28-33-20)23(29)27-25-22(18-6-3-7-21(18)34-25)24(30)26-14-17-5-4-12-32-17/h8-11,13,17H,2-7,12,14H2,1H3,(H,26,30)(H,27,29). The van der Waals surface area contributed by atoms with E-state index in [1.807, 2.05) is 31.2 Å². The number of thiophene rings is 1. The van der Waals surface area contributed by atoms with Crippen LogP contribution in [0.15, 0.2) is 34.9 Å². The Morgan fingerprint density at radius 3 is 2.79 bits per heavy atom. The SMILES string of the molecule is CCOc1ccc(-c2cc(C(=O)Nc3sc4c(c3C(=O)NCC3CCCO3)CCC4)no2)cc1. The van der Waals surface area contributed by atoms with Gasteiger partial charge in [0.25, 0.3) is 11.8 Å². The van der Waals surface area contributed by atoms with E-state index < -0.39 is 5.91 Å². The van der Waals surface area contributed by atoms with Gasteiger partial charge in [-0.3, -0.25) is 9.59 Å². The number of nitrogens with zero attached hydrogens (tertiary/aromatic N) is 1. The van der Waals surface area contributed by atoms with Gasteiger partial charge < -0.3 is 24.6 Å². The largest absolute Gasteiger partial charge is 0.494 e. The van der Waals surface area contributed by atoms with Crippen molar-refractivity contribution in [2.75, 3.05) is 25.1 Å². The number of benzene rings is 1. The van der Waals surface area contributed by atoms with E-state index >= 15 is 0 Å². The molecule has 0 radical (unpaired) electrons. The number of ether oxygens (including phenoxy) is 2. The summed E-state index contributed by atoms with van der Waals surface area (Å²) in [5, 5.41) is 10.4. The van der Waals surface area contributed by atoms with Gasteiger partial charge in [-0.05, 0) is 68.9 Å². The Balaban J connectivity index is 1.30. The first kappa shape index (κ1) is 22.6. The summed E-state index contributed by atoms with van der Waals surface area (Å²) in [5.41, 5.74) is 2.56. The van der Waals surface area contributed by atoms with Gasteiger partial charge in [-0.15, -0.1) is 11.3 Å². The molecule has 0 bridgehead atoms. The summed E-state index contributed by atoms with van der Waals surface area (Å²) in [6.45, 7) is 3.74. The molecule has 2 aliphatic rings. The predicted octanol–water partition coefficient (Wildman–Crippen LogP) is 4.45. The number of hydrogen-bond acceptors (Lipinski definition) is 7. The number of carbonyl (C=O) groups excluding carboxylic acids is 2. The number of amides is 2. The number of hydrogen-bond donors (Lipinski definition) is 2. The predicted molar refractivity (Wildman–Crippen MR) is 129 cm³/mol. The van der Waals surface area contributed by atoms with Crippen LogP contribution in [0.25, 0.3) is 11.3 Å². The third-order valence-electron chi connectivity index (χ3n) is 6.08. The number of carbonyl (C=O) groups is 2. The Kier molecular flexibility index (Phi) is 6.64. The van der Waals surface area contributed by atoms with Crippen molar-refractivity contribution in [1.82, 2.24) is 10.5 Å². The van der Waals surface area contributed by atoms with Gasteiger partial charge in [0, 0.05) is 29.7 Å². The second-order valence-corrected chi connectivity index (χ2v) is 9.50. The molecule has 2 aromatic heterocycles. The highest BCUT2D eigenvalue weighted by atomic mass is 32.1. The molecule has 2 N–H and O–H groups in total. The molecule has 1 saturated heterocycles. The van der Waals surface area contributed by atoms with E-state index in [4.69, 9.17) is 14.0 Å². The number of rotatable bonds is 8. The zero-order chi connectivity index (χ0) is 23.5. The maximum absolute atomic E-state index is 13.1. The number of aryl methyl sites for hydroxylation is 1. The summed E-state index contributed by atoms with van der Waals surface area (Å²) in [6, 6.07) is 9.00. The molecule has 8 nitrogen and oxygen atoms in total. The van der Waals surface area contributed by atoms with E-state index in [0.29, 0.717) is 29.5 Å². The lowest BCUT2D eigenvalue weighted by Crippen LogP contribution is -2.32. The van der Waals surface area contributed by atoms with Crippen LogP contribution in [0.4, 0.5) is 5.00 Å². The van der Waals surface area contributed by atoms with Crippen molar-refractivity contribution >= 4 is 28.2 Å². The van der Waals surface area contributed by atoms with Crippen LogP contribution >= 0.6 is 11.3 Å². The minimum Gasteiger partial charge on any atom is -0.494 e. The summed E-state index contributed by atoms with van der Waals surface area (Å²) < 4.78 is 16.5. The first-order valence-electron chi connectivity index (χ1n) is 11.7. The van der Waals surface area contributed by atoms with E-state index in [-0.39, 0.29) is 17.7 Å². The van der Waals surface area contributed by atoms with Crippen LogP contribution in [0.5, 0.6) is 5.75 Å². The molecule has 1 aliphatic heterocycles. The molecule has 1 fully saturated rings. The number of fused-ring (bicyclic) bond motifs is 1. The Morgan fingerprint density at radius 2 is 2.03 bits per heavy atom. The van der Waals surface area contributed by atoms with Crippen molar-refractivity contribution in [3.8, 4) is 17.1 Å². The van der Waals surface area contributed by atoms with Crippen molar-refractivity contribution in [2.45, 2.75) is 45.1 Å². The Morgan fingerprint density at radius 1 is 1.18 bits per heavy atom. The molecule has 1 atom stereocenters. The van der Waals surface area contributed by atoms with E-state index in [1.165, 1.54) is 11.3 Å². The quantitative estimate of drug-likeness (QED) is 0.493. The molecule has 0 spiro atoms. The normalized spacial score (nSPS) is 16.9. The highest BCUT2D eigenvalue weighted by Crippen LogP contribution is 2.39. The molecule has 0 saturated carbocycles. The lowest BCUT2D eigenvalue weighted by molar-refractivity contribution is 0.0858. The molecule has 1 unspecified atom stereocenters.